The van der Waals surface area contributed by atoms with Crippen LogP contribution < -0.4 is 5.32 Å². The second kappa shape index (κ2) is 5.77. The van der Waals surface area contributed by atoms with Gasteiger partial charge in [0.25, 0.3) is 0 Å². The number of halogens is 2. The number of hydrogen-bond acceptors (Lipinski definition) is 3. The van der Waals surface area contributed by atoms with Crippen molar-refractivity contribution in [2.75, 3.05) is 13.7 Å². The molecule has 16 heavy (non-hydrogen) atoms. The van der Waals surface area contributed by atoms with Crippen molar-refractivity contribution >= 4 is 0 Å². The molecule has 3 nitrogen and oxygen atoms in total. The fourth-order valence-corrected chi connectivity index (χ4v) is 1.22. The fourth-order valence-electron chi connectivity index (χ4n) is 1.22. The van der Waals surface area contributed by atoms with Gasteiger partial charge in [-0.2, -0.15) is 0 Å². The molecule has 0 aliphatic carbocycles. The first-order valence-electron chi connectivity index (χ1n) is 4.95. The highest BCUT2D eigenvalue weighted by Crippen LogP contribution is 2.21. The maximum Gasteiger partial charge on any atom is 0.187 e. The van der Waals surface area contributed by atoms with Gasteiger partial charge in [-0.1, -0.05) is 0 Å². The van der Waals surface area contributed by atoms with E-state index < -0.39 is 17.4 Å². The summed E-state index contributed by atoms with van der Waals surface area (Å²) in [7, 11) is 1.59. The number of phenols is 1. The van der Waals surface area contributed by atoms with Crippen molar-refractivity contribution in [3.05, 3.63) is 29.3 Å². The molecule has 0 aliphatic rings. The van der Waals surface area contributed by atoms with Gasteiger partial charge >= 0.3 is 0 Å². The standard InChI is InChI=1S/C11H15F2NO2/c1-7(16-2)5-14-6-8-3-9(12)11(15)10(13)4-8/h3-4,7,14-15H,5-6H2,1-2H3. The molecule has 0 fully saturated rings. The van der Waals surface area contributed by atoms with Crippen LogP contribution in [0.25, 0.3) is 0 Å². The number of aromatic hydroxyl groups is 1. The third-order valence-corrected chi connectivity index (χ3v) is 2.24. The molecule has 0 saturated carbocycles. The Labute approximate surface area is 93.0 Å². The molecular formula is C11H15F2NO2. The van der Waals surface area contributed by atoms with Gasteiger partial charge in [-0.15, -0.1) is 0 Å². The molecule has 5 heteroatoms. The van der Waals surface area contributed by atoms with Crippen molar-refractivity contribution in [1.29, 1.82) is 0 Å². The average molecular weight is 231 g/mol. The van der Waals surface area contributed by atoms with Crippen LogP contribution in [0.5, 0.6) is 5.75 Å². The van der Waals surface area contributed by atoms with E-state index in [-0.39, 0.29) is 6.10 Å². The quantitative estimate of drug-likeness (QED) is 0.811. The third-order valence-electron chi connectivity index (χ3n) is 2.24. The molecule has 1 aromatic rings. The van der Waals surface area contributed by atoms with Crippen LogP contribution in [-0.4, -0.2) is 24.9 Å². The minimum Gasteiger partial charge on any atom is -0.503 e. The molecule has 0 amide bonds. The summed E-state index contributed by atoms with van der Waals surface area (Å²) in [6.07, 6.45) is 0.0341. The van der Waals surface area contributed by atoms with E-state index in [1.165, 1.54) is 0 Å². The van der Waals surface area contributed by atoms with E-state index in [0.29, 0.717) is 18.7 Å². The highest BCUT2D eigenvalue weighted by Gasteiger charge is 2.09. The van der Waals surface area contributed by atoms with Gasteiger partial charge in [0.05, 0.1) is 6.10 Å². The van der Waals surface area contributed by atoms with E-state index >= 15 is 0 Å². The monoisotopic (exact) mass is 231 g/mol. The number of rotatable bonds is 5. The minimum absolute atomic E-state index is 0.0341. The summed E-state index contributed by atoms with van der Waals surface area (Å²) in [6.45, 7) is 2.79. The zero-order valence-corrected chi connectivity index (χ0v) is 9.26. The number of nitrogens with one attached hydrogen (secondary N) is 1. The van der Waals surface area contributed by atoms with Gasteiger partial charge in [-0.05, 0) is 24.6 Å². The summed E-state index contributed by atoms with van der Waals surface area (Å²) < 4.78 is 30.9. The van der Waals surface area contributed by atoms with Crippen molar-refractivity contribution in [3.8, 4) is 5.75 Å². The third kappa shape index (κ3) is 3.43. The molecule has 0 aromatic heterocycles. The van der Waals surface area contributed by atoms with Gasteiger partial charge in [-0.25, -0.2) is 8.78 Å². The molecule has 0 bridgehead atoms. The Morgan fingerprint density at radius 3 is 2.44 bits per heavy atom. The van der Waals surface area contributed by atoms with E-state index in [1.54, 1.807) is 7.11 Å². The normalized spacial score (nSPS) is 12.8. The van der Waals surface area contributed by atoms with E-state index in [1.807, 2.05) is 6.92 Å². The van der Waals surface area contributed by atoms with Gasteiger partial charge < -0.3 is 15.2 Å². The maximum atomic E-state index is 12.9. The van der Waals surface area contributed by atoms with Crippen LogP contribution in [0.1, 0.15) is 12.5 Å². The summed E-state index contributed by atoms with van der Waals surface area (Å²) in [5.41, 5.74) is 0.441. The van der Waals surface area contributed by atoms with Crippen molar-refractivity contribution in [2.45, 2.75) is 19.6 Å². The van der Waals surface area contributed by atoms with Crippen LogP contribution in [0, 0.1) is 11.6 Å². The van der Waals surface area contributed by atoms with Gasteiger partial charge in [0.1, 0.15) is 0 Å². The first-order chi connectivity index (χ1) is 7.54. The lowest BCUT2D eigenvalue weighted by Gasteiger charge is -2.11. The Kier molecular flexibility index (Phi) is 4.64. The van der Waals surface area contributed by atoms with Gasteiger partial charge in [0.2, 0.25) is 0 Å². The highest BCUT2D eigenvalue weighted by molar-refractivity contribution is 5.29. The highest BCUT2D eigenvalue weighted by atomic mass is 19.1. The van der Waals surface area contributed by atoms with Gasteiger partial charge in [0, 0.05) is 20.2 Å². The van der Waals surface area contributed by atoms with Crippen LogP contribution in [0.2, 0.25) is 0 Å². The van der Waals surface area contributed by atoms with Crippen molar-refractivity contribution in [2.24, 2.45) is 0 Å². The zero-order chi connectivity index (χ0) is 12.1. The van der Waals surface area contributed by atoms with E-state index in [4.69, 9.17) is 9.84 Å². The summed E-state index contributed by atoms with van der Waals surface area (Å²) in [5.74, 6) is -2.83. The van der Waals surface area contributed by atoms with Crippen LogP contribution in [0.15, 0.2) is 12.1 Å². The molecule has 90 valence electrons. The van der Waals surface area contributed by atoms with Crippen LogP contribution in [-0.2, 0) is 11.3 Å². The van der Waals surface area contributed by atoms with Crippen LogP contribution in [0.4, 0.5) is 8.78 Å². The number of phenolic OH excluding ortho intramolecular Hbond substituents is 1. The molecule has 0 saturated heterocycles. The SMILES string of the molecule is COC(C)CNCc1cc(F)c(O)c(F)c1. The Bertz CT molecular complexity index is 335. The molecule has 1 unspecified atom stereocenters. The van der Waals surface area contributed by atoms with Crippen LogP contribution >= 0.6 is 0 Å². The maximum absolute atomic E-state index is 12.9. The molecule has 1 atom stereocenters. The first-order valence-corrected chi connectivity index (χ1v) is 4.95. The summed E-state index contributed by atoms with van der Waals surface area (Å²) in [4.78, 5) is 0. The van der Waals surface area contributed by atoms with Gasteiger partial charge in [-0.3, -0.25) is 0 Å². The van der Waals surface area contributed by atoms with E-state index in [0.717, 1.165) is 12.1 Å². The lowest BCUT2D eigenvalue weighted by Crippen LogP contribution is -2.25. The predicted octanol–water partition coefficient (Wildman–Crippen LogP) is 1.79. The smallest absolute Gasteiger partial charge is 0.187 e. The fraction of sp³-hybridized carbons (Fsp3) is 0.455. The summed E-state index contributed by atoms with van der Waals surface area (Å²) in [6, 6.07) is 2.20. The summed E-state index contributed by atoms with van der Waals surface area (Å²) >= 11 is 0. The Hall–Kier alpha value is -1.20. The molecule has 1 rings (SSSR count). The van der Waals surface area contributed by atoms with Gasteiger partial charge in [0.15, 0.2) is 17.4 Å². The lowest BCUT2D eigenvalue weighted by atomic mass is 10.2. The Balaban J connectivity index is 2.55. The minimum atomic E-state index is -0.948. The molecule has 2 N–H and O–H groups in total. The molecule has 0 aliphatic heterocycles. The number of methoxy groups -OCH3 is 1. The Morgan fingerprint density at radius 2 is 1.94 bits per heavy atom. The second-order valence-electron chi connectivity index (χ2n) is 3.59. The second-order valence-corrected chi connectivity index (χ2v) is 3.59. The molecule has 0 radical (unpaired) electrons. The first kappa shape index (κ1) is 12.9. The zero-order valence-electron chi connectivity index (χ0n) is 9.26. The van der Waals surface area contributed by atoms with Crippen molar-refractivity contribution in [1.82, 2.24) is 5.32 Å². The lowest BCUT2D eigenvalue weighted by molar-refractivity contribution is 0.117. The molecule has 1 aromatic carbocycles. The number of hydrogen-bond donors (Lipinski definition) is 2. The van der Waals surface area contributed by atoms with E-state index in [9.17, 15) is 8.78 Å². The number of benzene rings is 1. The molecule has 0 heterocycles. The van der Waals surface area contributed by atoms with E-state index in [2.05, 4.69) is 5.32 Å². The Morgan fingerprint density at radius 1 is 1.38 bits per heavy atom. The number of ether oxygens (including phenoxy) is 1. The molecule has 0 spiro atoms. The largest absolute Gasteiger partial charge is 0.503 e. The van der Waals surface area contributed by atoms with Crippen LogP contribution in [0.3, 0.4) is 0 Å². The molecular weight excluding hydrogens is 216 g/mol. The average Bonchev–Trinajstić information content (AvgIpc) is 2.25. The van der Waals surface area contributed by atoms with Crippen molar-refractivity contribution in [3.63, 3.8) is 0 Å². The van der Waals surface area contributed by atoms with Crippen molar-refractivity contribution < 1.29 is 18.6 Å². The predicted molar refractivity (Wildman–Crippen MR) is 56.2 cm³/mol. The topological polar surface area (TPSA) is 41.5 Å². The summed E-state index contributed by atoms with van der Waals surface area (Å²) in [5, 5.41) is 11.9.